The summed E-state index contributed by atoms with van der Waals surface area (Å²) in [6.45, 7) is 2.06. The minimum Gasteiger partial charge on any atom is -0.495 e. The van der Waals surface area contributed by atoms with Gasteiger partial charge in [-0.15, -0.1) is 11.3 Å². The van der Waals surface area contributed by atoms with E-state index in [1.807, 2.05) is 0 Å². The molecule has 1 aromatic heterocycles. The Labute approximate surface area is 132 Å². The highest BCUT2D eigenvalue weighted by molar-refractivity contribution is 7.93. The van der Waals surface area contributed by atoms with Gasteiger partial charge in [0.05, 0.1) is 17.8 Å². The van der Waals surface area contributed by atoms with Gasteiger partial charge in [0, 0.05) is 16.3 Å². The number of sulfonamides is 1. The molecule has 0 aliphatic carbocycles. The van der Waals surface area contributed by atoms with Crippen LogP contribution >= 0.6 is 22.9 Å². The lowest BCUT2D eigenvalue weighted by Crippen LogP contribution is -2.13. The zero-order valence-electron chi connectivity index (χ0n) is 11.5. The molecule has 2 rings (SSSR count). The van der Waals surface area contributed by atoms with Crippen molar-refractivity contribution in [1.82, 2.24) is 0 Å². The van der Waals surface area contributed by atoms with Crippen LogP contribution in [0.25, 0.3) is 0 Å². The second-order valence-electron chi connectivity index (χ2n) is 4.29. The number of halogens is 1. The maximum atomic E-state index is 12.4. The van der Waals surface area contributed by atoms with Gasteiger partial charge in [-0.25, -0.2) is 8.42 Å². The van der Waals surface area contributed by atoms with Crippen LogP contribution in [0.15, 0.2) is 29.2 Å². The lowest BCUT2D eigenvalue weighted by Gasteiger charge is -2.09. The molecule has 2 aromatic rings. The average molecular weight is 347 g/mol. The Morgan fingerprint density at radius 3 is 2.62 bits per heavy atom. The molecule has 0 radical (unpaired) electrons. The van der Waals surface area contributed by atoms with Crippen molar-refractivity contribution in [1.29, 1.82) is 0 Å². The first kappa shape index (κ1) is 16.1. The number of methoxy groups -OCH3 is 1. The quantitative estimate of drug-likeness (QED) is 0.872. The minimum atomic E-state index is -3.66. The van der Waals surface area contributed by atoms with Gasteiger partial charge >= 0.3 is 0 Å². The van der Waals surface area contributed by atoms with Gasteiger partial charge in [-0.3, -0.25) is 4.72 Å². The fourth-order valence-electron chi connectivity index (χ4n) is 1.83. The number of nitrogens with one attached hydrogen (secondary N) is 1. The van der Waals surface area contributed by atoms with Gasteiger partial charge in [0.1, 0.15) is 10.6 Å². The summed E-state index contributed by atoms with van der Waals surface area (Å²) >= 11 is 7.36. The average Bonchev–Trinajstić information content (AvgIpc) is 2.81. The number of hydrogen-bond acceptors (Lipinski definition) is 5. The van der Waals surface area contributed by atoms with Gasteiger partial charge in [0.15, 0.2) is 0 Å². The van der Waals surface area contributed by atoms with Gasteiger partial charge in [-0.2, -0.15) is 0 Å². The van der Waals surface area contributed by atoms with Gasteiger partial charge in [0.25, 0.3) is 10.0 Å². The highest BCUT2D eigenvalue weighted by Gasteiger charge is 2.20. The second-order valence-corrected chi connectivity index (χ2v) is 7.69. The zero-order valence-corrected chi connectivity index (χ0v) is 13.9. The third kappa shape index (κ3) is 3.49. The van der Waals surface area contributed by atoms with Crippen LogP contribution < -0.4 is 15.2 Å². The molecular weight excluding hydrogens is 332 g/mol. The number of nitrogens with two attached hydrogens (primary N) is 1. The molecule has 8 heteroatoms. The molecule has 0 saturated carbocycles. The monoisotopic (exact) mass is 346 g/mol. The van der Waals surface area contributed by atoms with Crippen LogP contribution in [0.5, 0.6) is 5.75 Å². The van der Waals surface area contributed by atoms with Crippen molar-refractivity contribution in [3.8, 4) is 5.75 Å². The number of ether oxygens (including phenoxy) is 1. The lowest BCUT2D eigenvalue weighted by molar-refractivity contribution is 0.415. The summed E-state index contributed by atoms with van der Waals surface area (Å²) in [7, 11) is -2.17. The molecule has 0 fully saturated rings. The van der Waals surface area contributed by atoms with Crippen molar-refractivity contribution >= 4 is 38.6 Å². The Kier molecular flexibility index (Phi) is 4.77. The largest absolute Gasteiger partial charge is 0.495 e. The number of aryl methyl sites for hydroxylation is 1. The Morgan fingerprint density at radius 2 is 2.10 bits per heavy atom. The molecule has 0 amide bonds. The standard InChI is InChI=1S/C13H15ClN2O3S2/c1-8-13(6-10(7-15)20-8)21(17,18)16-9-3-4-12(19-2)11(14)5-9/h3-6,16H,7,15H2,1-2H3. The zero-order chi connectivity index (χ0) is 15.6. The lowest BCUT2D eigenvalue weighted by atomic mass is 10.3. The minimum absolute atomic E-state index is 0.236. The number of anilines is 1. The Hall–Kier alpha value is -1.28. The summed E-state index contributed by atoms with van der Waals surface area (Å²) < 4.78 is 32.3. The van der Waals surface area contributed by atoms with Gasteiger partial charge < -0.3 is 10.5 Å². The molecule has 0 aliphatic heterocycles. The van der Waals surface area contributed by atoms with Crippen molar-refractivity contribution in [2.45, 2.75) is 18.4 Å². The highest BCUT2D eigenvalue weighted by Crippen LogP contribution is 2.30. The van der Waals surface area contributed by atoms with E-state index in [9.17, 15) is 8.42 Å². The van der Waals surface area contributed by atoms with Gasteiger partial charge in [-0.05, 0) is 31.2 Å². The molecule has 5 nitrogen and oxygen atoms in total. The molecule has 114 valence electrons. The van der Waals surface area contributed by atoms with Crippen LogP contribution in [0.1, 0.15) is 9.75 Å². The summed E-state index contributed by atoms with van der Waals surface area (Å²) in [4.78, 5) is 1.75. The maximum absolute atomic E-state index is 12.4. The first-order valence-electron chi connectivity index (χ1n) is 6.03. The van der Waals surface area contributed by atoms with E-state index in [-0.39, 0.29) is 4.90 Å². The third-order valence-corrected chi connectivity index (χ3v) is 5.82. The topological polar surface area (TPSA) is 81.4 Å². The first-order chi connectivity index (χ1) is 9.87. The summed E-state index contributed by atoms with van der Waals surface area (Å²) in [5, 5.41) is 0.336. The van der Waals surface area contributed by atoms with Crippen molar-refractivity contribution in [2.24, 2.45) is 5.73 Å². The molecular formula is C13H15ClN2O3S2. The Balaban J connectivity index is 2.32. The molecule has 0 bridgehead atoms. The molecule has 1 heterocycles. The molecule has 0 saturated heterocycles. The molecule has 0 aliphatic rings. The fraction of sp³-hybridized carbons (Fsp3) is 0.231. The predicted molar refractivity (Wildman–Crippen MR) is 85.8 cm³/mol. The molecule has 21 heavy (non-hydrogen) atoms. The fourth-order valence-corrected chi connectivity index (χ4v) is 4.65. The number of rotatable bonds is 5. The normalized spacial score (nSPS) is 11.4. The third-order valence-electron chi connectivity index (χ3n) is 2.82. The summed E-state index contributed by atoms with van der Waals surface area (Å²) in [5.74, 6) is 0.483. The van der Waals surface area contributed by atoms with E-state index in [0.29, 0.717) is 27.9 Å². The van der Waals surface area contributed by atoms with Crippen LogP contribution in [0.4, 0.5) is 5.69 Å². The van der Waals surface area contributed by atoms with E-state index >= 15 is 0 Å². The predicted octanol–water partition coefficient (Wildman–Crippen LogP) is 2.98. The van der Waals surface area contributed by atoms with E-state index in [2.05, 4.69) is 4.72 Å². The van der Waals surface area contributed by atoms with Crippen LogP contribution in [-0.4, -0.2) is 15.5 Å². The summed E-state index contributed by atoms with van der Waals surface area (Å²) in [6.07, 6.45) is 0. The maximum Gasteiger partial charge on any atom is 0.263 e. The van der Waals surface area contributed by atoms with E-state index in [1.54, 1.807) is 25.1 Å². The van der Waals surface area contributed by atoms with Crippen molar-refractivity contribution in [3.05, 3.63) is 39.0 Å². The Bertz CT molecular complexity index is 757. The van der Waals surface area contributed by atoms with Crippen molar-refractivity contribution < 1.29 is 13.2 Å². The van der Waals surface area contributed by atoms with E-state index in [1.165, 1.54) is 24.5 Å². The molecule has 0 atom stereocenters. The number of thiophene rings is 1. The van der Waals surface area contributed by atoms with Crippen molar-refractivity contribution in [2.75, 3.05) is 11.8 Å². The Morgan fingerprint density at radius 1 is 1.38 bits per heavy atom. The number of hydrogen-bond donors (Lipinski definition) is 2. The SMILES string of the molecule is COc1ccc(NS(=O)(=O)c2cc(CN)sc2C)cc1Cl. The summed E-state index contributed by atoms with van der Waals surface area (Å²) in [6, 6.07) is 6.29. The molecule has 0 unspecified atom stereocenters. The van der Waals surface area contributed by atoms with Crippen LogP contribution in [0.3, 0.4) is 0 Å². The van der Waals surface area contributed by atoms with Crippen LogP contribution in [-0.2, 0) is 16.6 Å². The number of benzene rings is 1. The highest BCUT2D eigenvalue weighted by atomic mass is 35.5. The van der Waals surface area contributed by atoms with Crippen LogP contribution in [0.2, 0.25) is 5.02 Å². The van der Waals surface area contributed by atoms with Crippen molar-refractivity contribution in [3.63, 3.8) is 0 Å². The van der Waals surface area contributed by atoms with E-state index < -0.39 is 10.0 Å². The molecule has 3 N–H and O–H groups in total. The van der Waals surface area contributed by atoms with E-state index in [4.69, 9.17) is 22.1 Å². The molecule has 1 aromatic carbocycles. The van der Waals surface area contributed by atoms with Gasteiger partial charge in [0.2, 0.25) is 0 Å². The first-order valence-corrected chi connectivity index (χ1v) is 8.71. The van der Waals surface area contributed by atoms with Gasteiger partial charge in [-0.1, -0.05) is 11.6 Å². The smallest absolute Gasteiger partial charge is 0.263 e. The van der Waals surface area contributed by atoms with E-state index in [0.717, 1.165) is 4.88 Å². The summed E-state index contributed by atoms with van der Waals surface area (Å²) in [5.41, 5.74) is 5.92. The molecule has 0 spiro atoms. The van der Waals surface area contributed by atoms with Crippen LogP contribution in [0, 0.1) is 6.92 Å². The second kappa shape index (κ2) is 6.23.